The van der Waals surface area contributed by atoms with Crippen molar-refractivity contribution in [1.82, 2.24) is 0 Å². The predicted molar refractivity (Wildman–Crippen MR) is 121 cm³/mol. The summed E-state index contributed by atoms with van der Waals surface area (Å²) in [4.78, 5) is 14.4. The molecule has 2 aromatic carbocycles. The van der Waals surface area contributed by atoms with Gasteiger partial charge in [-0.15, -0.1) is 0 Å². The van der Waals surface area contributed by atoms with Crippen LogP contribution in [0, 0.1) is 0 Å². The quantitative estimate of drug-likeness (QED) is 0.466. The maximum Gasteiger partial charge on any atom is 0.453 e. The van der Waals surface area contributed by atoms with E-state index >= 15 is 0 Å². The average molecular weight is 527 g/mol. The molecule has 9 heteroatoms. The zero-order valence-corrected chi connectivity index (χ0v) is 19.6. The van der Waals surface area contributed by atoms with Gasteiger partial charge in [0.15, 0.2) is 5.58 Å². The molecule has 0 aliphatic carbocycles. The topological polar surface area (TPSA) is 64.1 Å². The van der Waals surface area contributed by atoms with E-state index < -0.39 is 23.1 Å². The second-order valence-electron chi connectivity index (χ2n) is 8.25. The first-order valence-electron chi connectivity index (χ1n) is 10.9. The number of hydrogen-bond acceptors (Lipinski definition) is 4. The van der Waals surface area contributed by atoms with Gasteiger partial charge in [-0.2, -0.15) is 13.2 Å². The van der Waals surface area contributed by atoms with Crippen LogP contribution in [-0.2, 0) is 12.7 Å². The molecule has 33 heavy (non-hydrogen) atoms. The lowest BCUT2D eigenvalue weighted by molar-refractivity contribution is -0.944. The van der Waals surface area contributed by atoms with Crippen LogP contribution in [0.3, 0.4) is 0 Å². The molecule has 3 aromatic rings. The van der Waals surface area contributed by atoms with Crippen molar-refractivity contribution in [1.29, 1.82) is 0 Å². The number of nitrogens with one attached hydrogen (secondary N) is 1. The normalized spacial score (nSPS) is 19.1. The predicted octanol–water partition coefficient (Wildman–Crippen LogP) is 5.42. The molecule has 4 rings (SSSR count). The highest BCUT2D eigenvalue weighted by molar-refractivity contribution is 9.10. The highest BCUT2D eigenvalue weighted by Gasteiger charge is 2.41. The third kappa shape index (κ3) is 4.75. The highest BCUT2D eigenvalue weighted by Crippen LogP contribution is 2.40. The minimum Gasteiger partial charge on any atom is -0.507 e. The number of phenols is 1. The summed E-state index contributed by atoms with van der Waals surface area (Å²) in [7, 11) is 0. The van der Waals surface area contributed by atoms with Crippen molar-refractivity contribution in [2.75, 3.05) is 6.54 Å². The average Bonchev–Trinajstić information content (AvgIpc) is 2.78. The number of aromatic hydroxyl groups is 1. The first kappa shape index (κ1) is 23.6. The maximum absolute atomic E-state index is 14.0. The summed E-state index contributed by atoms with van der Waals surface area (Å²) in [5, 5.41) is 10.5. The van der Waals surface area contributed by atoms with E-state index in [1.165, 1.54) is 18.2 Å². The fourth-order valence-corrected chi connectivity index (χ4v) is 4.84. The van der Waals surface area contributed by atoms with Gasteiger partial charge in [0.25, 0.3) is 5.76 Å². The van der Waals surface area contributed by atoms with E-state index in [0.717, 1.165) is 37.1 Å². The number of quaternary nitrogens is 1. The number of halogens is 4. The smallest absolute Gasteiger partial charge is 0.453 e. The molecule has 1 unspecified atom stereocenters. The zero-order chi connectivity index (χ0) is 23.8. The number of phenolic OH excluding ortho intramolecular Hbond substituents is 1. The minimum absolute atomic E-state index is 0.0530. The summed E-state index contributed by atoms with van der Waals surface area (Å²) < 4.78 is 53.1. The van der Waals surface area contributed by atoms with Crippen LogP contribution in [0.4, 0.5) is 13.2 Å². The van der Waals surface area contributed by atoms with Gasteiger partial charge in [0.05, 0.1) is 28.0 Å². The fourth-order valence-electron chi connectivity index (χ4n) is 4.48. The number of alkyl halides is 3. The van der Waals surface area contributed by atoms with E-state index in [4.69, 9.17) is 9.15 Å². The maximum atomic E-state index is 14.0. The largest absolute Gasteiger partial charge is 0.507 e. The van der Waals surface area contributed by atoms with Gasteiger partial charge in [0.1, 0.15) is 18.0 Å². The SMILES string of the molecule is CC[C@H]1CCCC[NH+]1Cc1c(O)ccc2c(=O)c(Oc3ccccc3Br)c(C(F)(F)F)oc12. The molecule has 1 aliphatic heterocycles. The number of likely N-dealkylation sites (tertiary alicyclic amines) is 1. The number of rotatable bonds is 5. The summed E-state index contributed by atoms with van der Waals surface area (Å²) in [6.07, 6.45) is -0.941. The van der Waals surface area contributed by atoms with E-state index in [9.17, 15) is 23.1 Å². The van der Waals surface area contributed by atoms with Gasteiger partial charge < -0.3 is 19.2 Å². The molecule has 0 amide bonds. The lowest BCUT2D eigenvalue weighted by Gasteiger charge is -2.32. The van der Waals surface area contributed by atoms with Crippen molar-refractivity contribution in [2.45, 2.75) is 51.4 Å². The van der Waals surface area contributed by atoms with Crippen LogP contribution in [0.15, 0.2) is 50.1 Å². The van der Waals surface area contributed by atoms with Crippen LogP contribution in [0.25, 0.3) is 11.0 Å². The number of ether oxygens (including phenoxy) is 1. The molecule has 1 aromatic heterocycles. The Morgan fingerprint density at radius 2 is 1.97 bits per heavy atom. The van der Waals surface area contributed by atoms with E-state index in [1.807, 2.05) is 0 Å². The van der Waals surface area contributed by atoms with Crippen LogP contribution in [0.5, 0.6) is 17.2 Å². The molecule has 2 N–H and O–H groups in total. The van der Waals surface area contributed by atoms with Gasteiger partial charge in [-0.25, -0.2) is 0 Å². The van der Waals surface area contributed by atoms with Crippen molar-refractivity contribution in [3.63, 3.8) is 0 Å². The fraction of sp³-hybridized carbons (Fsp3) is 0.375. The summed E-state index contributed by atoms with van der Waals surface area (Å²) in [5.41, 5.74) is -0.987. The van der Waals surface area contributed by atoms with Crippen molar-refractivity contribution in [2.24, 2.45) is 0 Å². The molecule has 1 saturated heterocycles. The highest BCUT2D eigenvalue weighted by atomic mass is 79.9. The Morgan fingerprint density at radius 3 is 2.67 bits per heavy atom. The number of para-hydroxylation sites is 1. The van der Waals surface area contributed by atoms with Crippen LogP contribution < -0.4 is 15.1 Å². The van der Waals surface area contributed by atoms with Gasteiger partial charge in [0, 0.05) is 0 Å². The summed E-state index contributed by atoms with van der Waals surface area (Å²) in [6.45, 7) is 3.19. The van der Waals surface area contributed by atoms with E-state index in [2.05, 4.69) is 22.9 Å². The molecule has 0 saturated carbocycles. The van der Waals surface area contributed by atoms with Gasteiger partial charge >= 0.3 is 6.18 Å². The molecule has 0 spiro atoms. The Morgan fingerprint density at radius 1 is 1.21 bits per heavy atom. The molecule has 0 radical (unpaired) electrons. The standard InChI is InChI=1S/C24H23BrF3NO4/c1-2-14-7-5-6-12-29(14)13-16-18(30)11-10-15-20(31)22(23(24(26,27)28)33-21(15)16)32-19-9-4-3-8-17(19)25/h3-4,8-11,14,30H,2,5-7,12-13H2,1H3/p+1/t14-/m0/s1. The Balaban J connectivity index is 1.88. The molecule has 1 aliphatic rings. The number of hydrogen-bond donors (Lipinski definition) is 2. The first-order chi connectivity index (χ1) is 15.7. The summed E-state index contributed by atoms with van der Waals surface area (Å²) in [5.74, 6) is -2.60. The van der Waals surface area contributed by atoms with Crippen LogP contribution in [0.2, 0.25) is 0 Å². The van der Waals surface area contributed by atoms with Gasteiger partial charge in [-0.1, -0.05) is 19.1 Å². The van der Waals surface area contributed by atoms with Gasteiger partial charge in [0.2, 0.25) is 11.2 Å². The van der Waals surface area contributed by atoms with Gasteiger partial charge in [-0.05, 0) is 65.9 Å². The Labute approximate surface area is 196 Å². The first-order valence-corrected chi connectivity index (χ1v) is 11.7. The van der Waals surface area contributed by atoms with E-state index in [1.54, 1.807) is 18.2 Å². The Kier molecular flexibility index (Phi) is 6.72. The summed E-state index contributed by atoms with van der Waals surface area (Å²) in [6, 6.07) is 9.22. The zero-order valence-electron chi connectivity index (χ0n) is 18.0. The van der Waals surface area contributed by atoms with Crippen LogP contribution in [0.1, 0.15) is 43.9 Å². The van der Waals surface area contributed by atoms with Crippen molar-refractivity contribution in [3.05, 3.63) is 62.4 Å². The lowest BCUT2D eigenvalue weighted by atomic mass is 9.98. The lowest BCUT2D eigenvalue weighted by Crippen LogP contribution is -3.15. The molecule has 176 valence electrons. The minimum atomic E-state index is -4.98. The second kappa shape index (κ2) is 9.38. The van der Waals surface area contributed by atoms with Crippen molar-refractivity contribution in [3.8, 4) is 17.2 Å². The van der Waals surface area contributed by atoms with Crippen molar-refractivity contribution >= 4 is 26.9 Å². The van der Waals surface area contributed by atoms with E-state index in [0.29, 0.717) is 10.5 Å². The molecular formula is C24H24BrF3NO4+. The molecule has 0 bridgehead atoms. The van der Waals surface area contributed by atoms with Crippen molar-refractivity contribution < 1.29 is 32.3 Å². The molecular weight excluding hydrogens is 503 g/mol. The summed E-state index contributed by atoms with van der Waals surface area (Å²) >= 11 is 3.22. The molecule has 1 fully saturated rings. The number of piperidine rings is 1. The second-order valence-corrected chi connectivity index (χ2v) is 9.10. The van der Waals surface area contributed by atoms with Gasteiger partial charge in [-0.3, -0.25) is 4.79 Å². The Bertz CT molecular complexity index is 1220. The third-order valence-electron chi connectivity index (χ3n) is 6.18. The third-order valence-corrected chi connectivity index (χ3v) is 6.83. The molecule has 5 nitrogen and oxygen atoms in total. The van der Waals surface area contributed by atoms with Crippen LogP contribution >= 0.6 is 15.9 Å². The number of fused-ring (bicyclic) bond motifs is 1. The Hall–Kier alpha value is -2.52. The van der Waals surface area contributed by atoms with Crippen LogP contribution in [-0.4, -0.2) is 17.7 Å². The molecule has 2 atom stereocenters. The number of benzene rings is 2. The monoisotopic (exact) mass is 526 g/mol. The molecule has 2 heterocycles. The van der Waals surface area contributed by atoms with E-state index in [-0.39, 0.29) is 34.6 Å².